The number of hydrogen-bond donors (Lipinski definition) is 9. The summed E-state index contributed by atoms with van der Waals surface area (Å²) in [7, 11) is 0. The lowest BCUT2D eigenvalue weighted by molar-refractivity contribution is -0.00190. The second kappa shape index (κ2) is 9.58. The van der Waals surface area contributed by atoms with Gasteiger partial charge in [0.25, 0.3) is 0 Å². The molecule has 4 aromatic rings. The van der Waals surface area contributed by atoms with E-state index in [9.17, 15) is 46.0 Å². The Morgan fingerprint density at radius 1 is 0.585 bits per heavy atom. The molecule has 0 bridgehead atoms. The lowest BCUT2D eigenvalue weighted by Crippen LogP contribution is -2.37. The molecule has 0 saturated carbocycles. The van der Waals surface area contributed by atoms with Crippen molar-refractivity contribution < 1.29 is 55.4 Å². The summed E-state index contributed by atoms with van der Waals surface area (Å²) in [5.41, 5.74) is 1.27. The van der Waals surface area contributed by atoms with Crippen molar-refractivity contribution in [2.75, 3.05) is 0 Å². The van der Waals surface area contributed by atoms with Crippen LogP contribution in [0.3, 0.4) is 0 Å². The first-order chi connectivity index (χ1) is 19.5. The smallest absolute Gasteiger partial charge is 0.157 e. The molecule has 11 nitrogen and oxygen atoms in total. The van der Waals surface area contributed by atoms with Gasteiger partial charge in [0.2, 0.25) is 0 Å². The van der Waals surface area contributed by atoms with E-state index in [-0.39, 0.29) is 63.4 Å². The Labute approximate surface area is 232 Å². The Bertz CT molecular complexity index is 1670. The third-order valence-corrected chi connectivity index (χ3v) is 7.59. The minimum atomic E-state index is -1.44. The van der Waals surface area contributed by atoms with Crippen molar-refractivity contribution in [1.29, 1.82) is 0 Å². The summed E-state index contributed by atoms with van der Waals surface area (Å²) in [5, 5.41) is 94.1. The van der Waals surface area contributed by atoms with Crippen molar-refractivity contribution in [2.45, 2.75) is 36.8 Å². The van der Waals surface area contributed by atoms with Crippen LogP contribution in [0.4, 0.5) is 0 Å². The maximum atomic E-state index is 11.6. The van der Waals surface area contributed by atoms with Gasteiger partial charge < -0.3 is 55.4 Å². The zero-order valence-corrected chi connectivity index (χ0v) is 21.2. The number of aliphatic hydroxyl groups is 2. The number of rotatable bonds is 3. The molecule has 2 aliphatic heterocycles. The minimum Gasteiger partial charge on any atom is -0.508 e. The van der Waals surface area contributed by atoms with Crippen molar-refractivity contribution in [2.24, 2.45) is 0 Å². The van der Waals surface area contributed by atoms with E-state index in [4.69, 9.17) is 9.47 Å². The van der Waals surface area contributed by atoms with Gasteiger partial charge in [-0.3, -0.25) is 0 Å². The molecule has 0 fully saturated rings. The quantitative estimate of drug-likeness (QED) is 0.166. The Kier molecular flexibility index (Phi) is 6.13. The topological polar surface area (TPSA) is 201 Å². The van der Waals surface area contributed by atoms with Gasteiger partial charge in [0.1, 0.15) is 41.0 Å². The zero-order valence-electron chi connectivity index (χ0n) is 21.2. The zero-order chi connectivity index (χ0) is 29.2. The Morgan fingerprint density at radius 3 is 1.83 bits per heavy atom. The Hall–Kier alpha value is -5.00. The molecule has 0 aromatic heterocycles. The highest BCUT2D eigenvalue weighted by Crippen LogP contribution is 2.56. The number of aromatic hydroxyl groups is 7. The predicted octanol–water partition coefficient (Wildman–Crippen LogP) is 3.29. The first-order valence-electron chi connectivity index (χ1n) is 12.7. The van der Waals surface area contributed by atoms with Crippen LogP contribution in [0.15, 0.2) is 60.7 Å². The van der Waals surface area contributed by atoms with Gasteiger partial charge in [0.15, 0.2) is 29.1 Å². The van der Waals surface area contributed by atoms with Crippen LogP contribution < -0.4 is 9.47 Å². The number of phenolic OH excluding ortho intramolecular Hbond substituents is 7. The van der Waals surface area contributed by atoms with Crippen molar-refractivity contribution in [1.82, 2.24) is 0 Å². The molecule has 41 heavy (non-hydrogen) atoms. The molecule has 6 rings (SSSR count). The van der Waals surface area contributed by atoms with Crippen LogP contribution in [0.2, 0.25) is 0 Å². The normalized spacial score (nSPS) is 23.1. The molecule has 0 spiro atoms. The van der Waals surface area contributed by atoms with Crippen molar-refractivity contribution >= 4 is 0 Å². The van der Waals surface area contributed by atoms with Crippen molar-refractivity contribution in [3.63, 3.8) is 0 Å². The molecule has 2 aliphatic rings. The highest BCUT2D eigenvalue weighted by molar-refractivity contribution is 5.64. The third-order valence-electron chi connectivity index (χ3n) is 7.59. The van der Waals surface area contributed by atoms with Crippen LogP contribution in [0.25, 0.3) is 0 Å². The average molecular weight is 563 g/mol. The molecule has 0 amide bonds. The molecule has 2 heterocycles. The maximum absolute atomic E-state index is 11.6. The number of hydrogen-bond acceptors (Lipinski definition) is 11. The molecule has 212 valence electrons. The van der Waals surface area contributed by atoms with Gasteiger partial charge in [-0.2, -0.15) is 0 Å². The summed E-state index contributed by atoms with van der Waals surface area (Å²) in [6.45, 7) is 0. The van der Waals surface area contributed by atoms with Crippen LogP contribution in [-0.4, -0.2) is 58.2 Å². The minimum absolute atomic E-state index is 0.0395. The highest BCUT2D eigenvalue weighted by atomic mass is 16.5. The van der Waals surface area contributed by atoms with Crippen molar-refractivity contribution in [3.8, 4) is 51.7 Å². The second-order valence-electron chi connectivity index (χ2n) is 10.2. The first kappa shape index (κ1) is 26.2. The molecule has 5 atom stereocenters. The van der Waals surface area contributed by atoms with Gasteiger partial charge >= 0.3 is 0 Å². The van der Waals surface area contributed by atoms with Crippen molar-refractivity contribution in [3.05, 3.63) is 88.5 Å². The van der Waals surface area contributed by atoms with E-state index >= 15 is 0 Å². The Balaban J connectivity index is 1.51. The van der Waals surface area contributed by atoms with Crippen LogP contribution in [0.5, 0.6) is 51.7 Å². The lowest BCUT2D eigenvalue weighted by atomic mass is 9.77. The van der Waals surface area contributed by atoms with E-state index in [2.05, 4.69) is 0 Å². The predicted molar refractivity (Wildman–Crippen MR) is 142 cm³/mol. The number of phenols is 7. The van der Waals surface area contributed by atoms with Crippen LogP contribution in [0, 0.1) is 0 Å². The number of aliphatic hydroxyl groups excluding tert-OH is 2. The number of ether oxygens (including phenoxy) is 2. The summed E-state index contributed by atoms with van der Waals surface area (Å²) >= 11 is 0. The monoisotopic (exact) mass is 562 g/mol. The summed E-state index contributed by atoms with van der Waals surface area (Å²) in [4.78, 5) is 0. The molecular formula is C30H26O11. The lowest BCUT2D eigenvalue weighted by Gasteiger charge is -2.41. The maximum Gasteiger partial charge on any atom is 0.157 e. The van der Waals surface area contributed by atoms with Gasteiger partial charge in [0.05, 0.1) is 6.10 Å². The third kappa shape index (κ3) is 4.31. The standard InChI is InChI=1S/C30H26O11/c31-14-3-4-15(19(34)9-14)25-26-22(37)11-24-16(10-23(38)28(40-24)12-1-5-17(32)20(35)7-12)30(26)41-29(27(25)39)13-2-6-18(33)21(36)8-13/h1-9,11,23,25,27-29,31-39H,10H2/t23-,25-,27-,28+,29+/m0/s1. The largest absolute Gasteiger partial charge is 0.508 e. The van der Waals surface area contributed by atoms with Crippen LogP contribution in [-0.2, 0) is 6.42 Å². The molecule has 4 aromatic carbocycles. The molecule has 9 N–H and O–H groups in total. The fourth-order valence-electron chi connectivity index (χ4n) is 5.61. The average Bonchev–Trinajstić information content (AvgIpc) is 2.92. The van der Waals surface area contributed by atoms with Gasteiger partial charge in [-0.05, 0) is 41.5 Å². The van der Waals surface area contributed by atoms with E-state index < -0.39 is 41.8 Å². The molecule has 0 aliphatic carbocycles. The second-order valence-corrected chi connectivity index (χ2v) is 10.2. The van der Waals surface area contributed by atoms with Gasteiger partial charge in [-0.25, -0.2) is 0 Å². The van der Waals surface area contributed by atoms with Crippen LogP contribution in [0.1, 0.15) is 45.9 Å². The fraction of sp³-hybridized carbons (Fsp3) is 0.200. The molecule has 11 heteroatoms. The van der Waals surface area contributed by atoms with E-state index in [0.29, 0.717) is 11.1 Å². The summed E-state index contributed by atoms with van der Waals surface area (Å²) in [6.07, 6.45) is -4.79. The summed E-state index contributed by atoms with van der Waals surface area (Å²) in [5.74, 6) is -3.36. The molecule has 0 radical (unpaired) electrons. The van der Waals surface area contributed by atoms with Gasteiger partial charge in [-0.1, -0.05) is 18.2 Å². The van der Waals surface area contributed by atoms with Gasteiger partial charge in [0, 0.05) is 41.2 Å². The molecular weight excluding hydrogens is 536 g/mol. The van der Waals surface area contributed by atoms with Gasteiger partial charge in [-0.15, -0.1) is 0 Å². The van der Waals surface area contributed by atoms with E-state index in [1.165, 1.54) is 54.6 Å². The SMILES string of the molecule is Oc1ccc([C@H]2c3c(O)cc4c(c3O[C@H](c3ccc(O)c(O)c3)[C@H]2O)C[C@H](O)[C@@H](c2ccc(O)c(O)c2)O4)c(O)c1. The summed E-state index contributed by atoms with van der Waals surface area (Å²) in [6, 6.07) is 13.0. The number of fused-ring (bicyclic) bond motifs is 3. The highest BCUT2D eigenvalue weighted by Gasteiger charge is 2.45. The van der Waals surface area contributed by atoms with E-state index in [0.717, 1.165) is 6.07 Å². The number of benzene rings is 4. The first-order valence-corrected chi connectivity index (χ1v) is 12.7. The fourth-order valence-corrected chi connectivity index (χ4v) is 5.61. The molecule has 0 unspecified atom stereocenters. The Morgan fingerprint density at radius 2 is 1.22 bits per heavy atom. The van der Waals surface area contributed by atoms with E-state index in [1.54, 1.807) is 0 Å². The molecule has 0 saturated heterocycles. The van der Waals surface area contributed by atoms with Crippen LogP contribution >= 0.6 is 0 Å². The van der Waals surface area contributed by atoms with E-state index in [1.807, 2.05) is 0 Å². The summed E-state index contributed by atoms with van der Waals surface area (Å²) < 4.78 is 12.3.